The Morgan fingerprint density at radius 2 is 1.94 bits per heavy atom. The predicted octanol–water partition coefficient (Wildman–Crippen LogP) is 2.16. The second-order valence-electron chi connectivity index (χ2n) is 3.36. The third kappa shape index (κ3) is 1.95. The van der Waals surface area contributed by atoms with Gasteiger partial charge in [-0.3, -0.25) is 4.79 Å². The number of rotatable bonds is 2. The van der Waals surface area contributed by atoms with Crippen molar-refractivity contribution in [1.29, 1.82) is 0 Å². The number of nitrogens with zero attached hydrogens (tertiary/aromatic N) is 2. The molecule has 0 radical (unpaired) electrons. The Morgan fingerprint density at radius 1 is 1.25 bits per heavy atom. The summed E-state index contributed by atoms with van der Waals surface area (Å²) in [6, 6.07) is 5.70. The molecule has 1 aromatic heterocycles. The van der Waals surface area contributed by atoms with Gasteiger partial charge in [0.25, 0.3) is 0 Å². The van der Waals surface area contributed by atoms with Gasteiger partial charge >= 0.3 is 0 Å². The number of halogens is 1. The quantitative estimate of drug-likeness (QED) is 0.722. The molecule has 0 aliphatic heterocycles. The molecule has 0 aliphatic rings. The van der Waals surface area contributed by atoms with Crippen LogP contribution in [-0.4, -0.2) is 15.8 Å². The molecule has 0 atom stereocenters. The minimum atomic E-state index is -0.440. The zero-order valence-electron chi connectivity index (χ0n) is 8.64. The summed E-state index contributed by atoms with van der Waals surface area (Å²) in [5.74, 6) is -0.723. The average molecular weight is 216 g/mol. The van der Waals surface area contributed by atoms with Crippen LogP contribution in [0.1, 0.15) is 21.7 Å². The largest absolute Gasteiger partial charge is 0.285 e. The fourth-order valence-corrected chi connectivity index (χ4v) is 1.38. The van der Waals surface area contributed by atoms with Gasteiger partial charge in [-0.2, -0.15) is 0 Å². The zero-order chi connectivity index (χ0) is 11.5. The van der Waals surface area contributed by atoms with Crippen molar-refractivity contribution < 1.29 is 9.18 Å². The summed E-state index contributed by atoms with van der Waals surface area (Å²) in [5, 5.41) is 0. The van der Waals surface area contributed by atoms with E-state index in [-0.39, 0.29) is 11.6 Å². The highest BCUT2D eigenvalue weighted by molar-refractivity contribution is 6.07. The SMILES string of the molecule is Cc1ccc(F)cc1C(=O)c1ncccn1. The Kier molecular flexibility index (Phi) is 2.72. The Labute approximate surface area is 92.0 Å². The fourth-order valence-electron chi connectivity index (χ4n) is 1.38. The smallest absolute Gasteiger partial charge is 0.230 e. The first-order chi connectivity index (χ1) is 7.68. The number of aromatic nitrogens is 2. The molecule has 0 saturated carbocycles. The van der Waals surface area contributed by atoms with Gasteiger partial charge in [-0.05, 0) is 30.7 Å². The van der Waals surface area contributed by atoms with E-state index in [1.165, 1.54) is 24.5 Å². The maximum Gasteiger partial charge on any atom is 0.230 e. The molecule has 0 amide bonds. The maximum atomic E-state index is 13.0. The van der Waals surface area contributed by atoms with Gasteiger partial charge in [0, 0.05) is 18.0 Å². The summed E-state index contributed by atoms with van der Waals surface area (Å²) in [6.07, 6.45) is 2.96. The predicted molar refractivity (Wildman–Crippen MR) is 56.6 cm³/mol. The zero-order valence-corrected chi connectivity index (χ0v) is 8.64. The van der Waals surface area contributed by atoms with E-state index in [9.17, 15) is 9.18 Å². The third-order valence-electron chi connectivity index (χ3n) is 2.21. The molecule has 3 nitrogen and oxygen atoms in total. The lowest BCUT2D eigenvalue weighted by Crippen LogP contribution is -2.08. The summed E-state index contributed by atoms with van der Waals surface area (Å²) in [7, 11) is 0. The van der Waals surface area contributed by atoms with Gasteiger partial charge in [0.1, 0.15) is 5.82 Å². The van der Waals surface area contributed by atoms with E-state index < -0.39 is 5.82 Å². The topological polar surface area (TPSA) is 42.9 Å². The molecule has 1 aromatic carbocycles. The van der Waals surface area contributed by atoms with Gasteiger partial charge < -0.3 is 0 Å². The standard InChI is InChI=1S/C12H9FN2O/c1-8-3-4-9(13)7-10(8)11(16)12-14-5-2-6-15-12/h2-7H,1H3. The number of hydrogen-bond donors (Lipinski definition) is 0. The molecular weight excluding hydrogens is 207 g/mol. The number of carbonyl (C=O) groups is 1. The van der Waals surface area contributed by atoms with Crippen molar-refractivity contribution in [3.8, 4) is 0 Å². The van der Waals surface area contributed by atoms with Crippen LogP contribution in [0.2, 0.25) is 0 Å². The van der Waals surface area contributed by atoms with E-state index in [1.54, 1.807) is 19.1 Å². The van der Waals surface area contributed by atoms with E-state index in [0.29, 0.717) is 11.1 Å². The molecule has 16 heavy (non-hydrogen) atoms. The number of aryl methyl sites for hydroxylation is 1. The Morgan fingerprint density at radius 3 is 2.62 bits per heavy atom. The number of carbonyl (C=O) groups excluding carboxylic acids is 1. The van der Waals surface area contributed by atoms with Crippen LogP contribution in [0.25, 0.3) is 0 Å². The minimum absolute atomic E-state index is 0.0798. The lowest BCUT2D eigenvalue weighted by atomic mass is 10.0. The highest BCUT2D eigenvalue weighted by Gasteiger charge is 2.14. The molecule has 0 unspecified atom stereocenters. The van der Waals surface area contributed by atoms with Gasteiger partial charge in [-0.15, -0.1) is 0 Å². The normalized spacial score (nSPS) is 10.1. The Balaban J connectivity index is 2.46. The van der Waals surface area contributed by atoms with E-state index >= 15 is 0 Å². The molecule has 0 saturated heterocycles. The van der Waals surface area contributed by atoms with Gasteiger partial charge in [0.05, 0.1) is 0 Å². The van der Waals surface area contributed by atoms with E-state index in [0.717, 1.165) is 0 Å². The fraction of sp³-hybridized carbons (Fsp3) is 0.0833. The highest BCUT2D eigenvalue weighted by Crippen LogP contribution is 2.13. The maximum absolute atomic E-state index is 13.0. The van der Waals surface area contributed by atoms with Gasteiger partial charge in [-0.25, -0.2) is 14.4 Å². The second kappa shape index (κ2) is 4.18. The molecule has 4 heteroatoms. The van der Waals surface area contributed by atoms with Crippen molar-refractivity contribution in [1.82, 2.24) is 9.97 Å². The van der Waals surface area contributed by atoms with Crippen LogP contribution in [0.15, 0.2) is 36.7 Å². The first kappa shape index (κ1) is 10.4. The van der Waals surface area contributed by atoms with Crippen molar-refractivity contribution in [3.05, 3.63) is 59.4 Å². The van der Waals surface area contributed by atoms with Crippen LogP contribution in [-0.2, 0) is 0 Å². The molecular formula is C12H9FN2O. The van der Waals surface area contributed by atoms with Crippen LogP contribution < -0.4 is 0 Å². The molecule has 80 valence electrons. The summed E-state index contributed by atoms with van der Waals surface area (Å²) in [6.45, 7) is 1.75. The van der Waals surface area contributed by atoms with Crippen LogP contribution in [0.3, 0.4) is 0 Å². The average Bonchev–Trinajstić information content (AvgIpc) is 2.32. The molecule has 0 N–H and O–H groups in total. The van der Waals surface area contributed by atoms with Crippen molar-refractivity contribution in [2.45, 2.75) is 6.92 Å². The molecule has 0 bridgehead atoms. The molecule has 0 fully saturated rings. The van der Waals surface area contributed by atoms with E-state index in [4.69, 9.17) is 0 Å². The van der Waals surface area contributed by atoms with Crippen molar-refractivity contribution in [3.63, 3.8) is 0 Å². The molecule has 0 spiro atoms. The van der Waals surface area contributed by atoms with Crippen molar-refractivity contribution in [2.75, 3.05) is 0 Å². The summed E-state index contributed by atoms with van der Waals surface area (Å²) >= 11 is 0. The summed E-state index contributed by atoms with van der Waals surface area (Å²) < 4.78 is 13.0. The molecule has 1 heterocycles. The van der Waals surface area contributed by atoms with Gasteiger partial charge in [-0.1, -0.05) is 6.07 Å². The Hall–Kier alpha value is -2.10. The molecule has 0 aliphatic carbocycles. The first-order valence-corrected chi connectivity index (χ1v) is 4.76. The minimum Gasteiger partial charge on any atom is -0.285 e. The number of ketones is 1. The lowest BCUT2D eigenvalue weighted by Gasteiger charge is -2.03. The van der Waals surface area contributed by atoms with Gasteiger partial charge in [0.2, 0.25) is 11.6 Å². The summed E-state index contributed by atoms with van der Waals surface area (Å²) in [4.78, 5) is 19.6. The second-order valence-corrected chi connectivity index (χ2v) is 3.36. The van der Waals surface area contributed by atoms with Gasteiger partial charge in [0.15, 0.2) is 0 Å². The van der Waals surface area contributed by atoms with Crippen LogP contribution in [0.4, 0.5) is 4.39 Å². The lowest BCUT2D eigenvalue weighted by molar-refractivity contribution is 0.102. The molecule has 2 aromatic rings. The van der Waals surface area contributed by atoms with E-state index in [1.807, 2.05) is 0 Å². The number of benzene rings is 1. The van der Waals surface area contributed by atoms with Crippen LogP contribution >= 0.6 is 0 Å². The Bertz CT molecular complexity index is 526. The van der Waals surface area contributed by atoms with Crippen LogP contribution in [0.5, 0.6) is 0 Å². The third-order valence-corrected chi connectivity index (χ3v) is 2.21. The van der Waals surface area contributed by atoms with Crippen molar-refractivity contribution >= 4 is 5.78 Å². The first-order valence-electron chi connectivity index (χ1n) is 4.76. The number of hydrogen-bond acceptors (Lipinski definition) is 3. The van der Waals surface area contributed by atoms with Crippen molar-refractivity contribution in [2.24, 2.45) is 0 Å². The van der Waals surface area contributed by atoms with E-state index in [2.05, 4.69) is 9.97 Å². The monoisotopic (exact) mass is 216 g/mol. The molecule has 2 rings (SSSR count). The summed E-state index contributed by atoms with van der Waals surface area (Å²) in [5.41, 5.74) is 1.00. The van der Waals surface area contributed by atoms with Crippen LogP contribution in [0, 0.1) is 12.7 Å². The highest BCUT2D eigenvalue weighted by atomic mass is 19.1.